The van der Waals surface area contributed by atoms with Gasteiger partial charge in [0.1, 0.15) is 0 Å². The summed E-state index contributed by atoms with van der Waals surface area (Å²) in [5.74, 6) is 0.739. The molecule has 1 saturated carbocycles. The summed E-state index contributed by atoms with van der Waals surface area (Å²) in [6, 6.07) is 0. The van der Waals surface area contributed by atoms with E-state index in [2.05, 4.69) is 17.2 Å². The van der Waals surface area contributed by atoms with Gasteiger partial charge in [-0.2, -0.15) is 0 Å². The van der Waals surface area contributed by atoms with Crippen molar-refractivity contribution in [3.63, 3.8) is 0 Å². The first-order chi connectivity index (χ1) is 8.59. The molecule has 3 N–H and O–H groups in total. The van der Waals surface area contributed by atoms with Gasteiger partial charge < -0.3 is 15.6 Å². The molecule has 0 radical (unpaired) electrons. The first-order valence-corrected chi connectivity index (χ1v) is 6.59. The molecule has 100 valence electrons. The van der Waals surface area contributed by atoms with Gasteiger partial charge in [-0.1, -0.05) is 19.8 Å². The average molecular weight is 250 g/mol. The highest BCUT2D eigenvalue weighted by molar-refractivity contribution is 5.91. The number of rotatable bonds is 3. The predicted octanol–water partition coefficient (Wildman–Crippen LogP) is 1.06. The van der Waals surface area contributed by atoms with E-state index >= 15 is 0 Å². The summed E-state index contributed by atoms with van der Waals surface area (Å²) in [4.78, 5) is 16.3. The van der Waals surface area contributed by atoms with E-state index in [1.807, 2.05) is 7.05 Å². The number of imidazole rings is 1. The molecule has 0 aromatic carbocycles. The molecule has 1 amide bonds. The Hall–Kier alpha value is -1.36. The molecule has 1 aliphatic rings. The van der Waals surface area contributed by atoms with Crippen molar-refractivity contribution in [1.82, 2.24) is 14.9 Å². The van der Waals surface area contributed by atoms with Gasteiger partial charge in [-0.05, 0) is 18.8 Å². The zero-order valence-corrected chi connectivity index (χ0v) is 11.1. The summed E-state index contributed by atoms with van der Waals surface area (Å²) < 4.78 is 1.73. The Morgan fingerprint density at radius 1 is 1.67 bits per heavy atom. The number of carbonyl (C=O) groups excluding carboxylic acids is 1. The molecule has 1 fully saturated rings. The lowest BCUT2D eigenvalue weighted by atomic mass is 9.73. The SMILES string of the molecule is CC1CCCCC1(CN)NC(=O)c1nccn1C. The van der Waals surface area contributed by atoms with Crippen LogP contribution in [0.1, 0.15) is 43.2 Å². The Morgan fingerprint density at radius 3 is 3.00 bits per heavy atom. The van der Waals surface area contributed by atoms with Crippen LogP contribution in [0.3, 0.4) is 0 Å². The monoisotopic (exact) mass is 250 g/mol. The van der Waals surface area contributed by atoms with Gasteiger partial charge >= 0.3 is 0 Å². The van der Waals surface area contributed by atoms with Crippen LogP contribution in [0.5, 0.6) is 0 Å². The van der Waals surface area contributed by atoms with Crippen LogP contribution < -0.4 is 11.1 Å². The van der Waals surface area contributed by atoms with Crippen LogP contribution >= 0.6 is 0 Å². The quantitative estimate of drug-likeness (QED) is 0.842. The fourth-order valence-electron chi connectivity index (χ4n) is 2.82. The van der Waals surface area contributed by atoms with E-state index in [1.165, 1.54) is 6.42 Å². The number of nitrogens with zero attached hydrogens (tertiary/aromatic N) is 2. The van der Waals surface area contributed by atoms with Crippen molar-refractivity contribution in [1.29, 1.82) is 0 Å². The lowest BCUT2D eigenvalue weighted by molar-refractivity contribution is 0.0799. The Morgan fingerprint density at radius 2 is 2.44 bits per heavy atom. The van der Waals surface area contributed by atoms with E-state index in [0.29, 0.717) is 18.3 Å². The summed E-state index contributed by atoms with van der Waals surface area (Å²) >= 11 is 0. The third-order valence-corrected chi connectivity index (χ3v) is 4.20. The van der Waals surface area contributed by atoms with Gasteiger partial charge in [0.2, 0.25) is 0 Å². The lowest BCUT2D eigenvalue weighted by Crippen LogP contribution is -2.59. The molecule has 0 spiro atoms. The molecule has 0 saturated heterocycles. The van der Waals surface area contributed by atoms with E-state index in [4.69, 9.17) is 5.73 Å². The van der Waals surface area contributed by atoms with Gasteiger partial charge in [-0.25, -0.2) is 4.98 Å². The molecule has 2 atom stereocenters. The molecule has 2 unspecified atom stereocenters. The van der Waals surface area contributed by atoms with Crippen LogP contribution in [0.4, 0.5) is 0 Å². The third-order valence-electron chi connectivity index (χ3n) is 4.20. The minimum Gasteiger partial charge on any atom is -0.342 e. The minimum absolute atomic E-state index is 0.123. The molecule has 1 aromatic heterocycles. The molecule has 1 heterocycles. The first kappa shape index (κ1) is 13.1. The fraction of sp³-hybridized carbons (Fsp3) is 0.692. The standard InChI is InChI=1S/C13H22N4O/c1-10-5-3-4-6-13(10,9-14)16-12(18)11-15-7-8-17(11)2/h7-8,10H,3-6,9,14H2,1-2H3,(H,16,18). The summed E-state index contributed by atoms with van der Waals surface area (Å²) in [5, 5.41) is 3.13. The number of nitrogens with one attached hydrogen (secondary N) is 1. The Bertz CT molecular complexity index is 428. The second-order valence-electron chi connectivity index (χ2n) is 5.32. The van der Waals surface area contributed by atoms with E-state index in [-0.39, 0.29) is 11.4 Å². The molecular formula is C13H22N4O. The molecule has 0 bridgehead atoms. The number of nitrogens with two attached hydrogens (primary N) is 1. The third kappa shape index (κ3) is 2.27. The van der Waals surface area contributed by atoms with Crippen LogP contribution in [0, 0.1) is 5.92 Å². The van der Waals surface area contributed by atoms with Crippen molar-refractivity contribution in [2.45, 2.75) is 38.1 Å². The Kier molecular flexibility index (Phi) is 3.71. The average Bonchev–Trinajstić information content (AvgIpc) is 2.78. The van der Waals surface area contributed by atoms with Crippen LogP contribution in [-0.2, 0) is 7.05 Å². The molecule has 1 aromatic rings. The van der Waals surface area contributed by atoms with E-state index in [9.17, 15) is 4.79 Å². The van der Waals surface area contributed by atoms with Gasteiger partial charge in [-0.15, -0.1) is 0 Å². The Labute approximate surface area is 108 Å². The molecule has 5 nitrogen and oxygen atoms in total. The predicted molar refractivity (Wildman–Crippen MR) is 70.1 cm³/mol. The van der Waals surface area contributed by atoms with Crippen molar-refractivity contribution in [2.75, 3.05) is 6.54 Å². The summed E-state index contributed by atoms with van der Waals surface area (Å²) in [6.45, 7) is 2.66. The van der Waals surface area contributed by atoms with E-state index < -0.39 is 0 Å². The van der Waals surface area contributed by atoms with Gasteiger partial charge in [0.15, 0.2) is 5.82 Å². The van der Waals surface area contributed by atoms with Crippen LogP contribution in [-0.4, -0.2) is 27.5 Å². The summed E-state index contributed by atoms with van der Waals surface area (Å²) in [5.41, 5.74) is 5.66. The number of amides is 1. The first-order valence-electron chi connectivity index (χ1n) is 6.59. The van der Waals surface area contributed by atoms with Crippen molar-refractivity contribution in [3.05, 3.63) is 18.2 Å². The van der Waals surface area contributed by atoms with Crippen molar-refractivity contribution >= 4 is 5.91 Å². The van der Waals surface area contributed by atoms with Crippen molar-refractivity contribution < 1.29 is 4.79 Å². The second-order valence-corrected chi connectivity index (χ2v) is 5.32. The topological polar surface area (TPSA) is 72.9 Å². The maximum absolute atomic E-state index is 12.3. The summed E-state index contributed by atoms with van der Waals surface area (Å²) in [7, 11) is 1.82. The normalized spacial score (nSPS) is 28.1. The van der Waals surface area contributed by atoms with Gasteiger partial charge in [0.25, 0.3) is 5.91 Å². The highest BCUT2D eigenvalue weighted by Gasteiger charge is 2.38. The molecule has 0 aliphatic heterocycles. The van der Waals surface area contributed by atoms with Crippen molar-refractivity contribution in [3.8, 4) is 0 Å². The number of aromatic nitrogens is 2. The minimum atomic E-state index is -0.263. The maximum Gasteiger partial charge on any atom is 0.287 e. The van der Waals surface area contributed by atoms with E-state index in [1.54, 1.807) is 17.0 Å². The number of carbonyl (C=O) groups is 1. The lowest BCUT2D eigenvalue weighted by Gasteiger charge is -2.42. The van der Waals surface area contributed by atoms with Gasteiger partial charge in [-0.3, -0.25) is 4.79 Å². The number of aryl methyl sites for hydroxylation is 1. The number of hydrogen-bond donors (Lipinski definition) is 2. The zero-order valence-electron chi connectivity index (χ0n) is 11.1. The summed E-state index contributed by atoms with van der Waals surface area (Å²) in [6.07, 6.45) is 7.84. The molecule has 5 heteroatoms. The molecular weight excluding hydrogens is 228 g/mol. The van der Waals surface area contributed by atoms with Crippen LogP contribution in [0.25, 0.3) is 0 Å². The second kappa shape index (κ2) is 5.10. The molecule has 18 heavy (non-hydrogen) atoms. The maximum atomic E-state index is 12.3. The van der Waals surface area contributed by atoms with Crippen LogP contribution in [0.2, 0.25) is 0 Å². The van der Waals surface area contributed by atoms with Crippen molar-refractivity contribution in [2.24, 2.45) is 18.7 Å². The smallest absolute Gasteiger partial charge is 0.287 e. The fourth-order valence-corrected chi connectivity index (χ4v) is 2.82. The van der Waals surface area contributed by atoms with Gasteiger partial charge in [0.05, 0.1) is 5.54 Å². The Balaban J connectivity index is 2.15. The zero-order chi connectivity index (χ0) is 13.2. The van der Waals surface area contributed by atoms with Gasteiger partial charge in [0, 0.05) is 26.0 Å². The molecule has 2 rings (SSSR count). The largest absolute Gasteiger partial charge is 0.342 e. The highest BCUT2D eigenvalue weighted by Crippen LogP contribution is 2.33. The van der Waals surface area contributed by atoms with Crippen LogP contribution in [0.15, 0.2) is 12.4 Å². The molecule has 1 aliphatic carbocycles. The van der Waals surface area contributed by atoms with E-state index in [0.717, 1.165) is 19.3 Å². The highest BCUT2D eigenvalue weighted by atomic mass is 16.2. The number of hydrogen-bond acceptors (Lipinski definition) is 3.